The van der Waals surface area contributed by atoms with E-state index in [1.807, 2.05) is 0 Å². The number of pyridine rings is 1. The summed E-state index contributed by atoms with van der Waals surface area (Å²) >= 11 is 0. The molecule has 0 atom stereocenters. The number of aryl methyl sites for hydroxylation is 1. The van der Waals surface area contributed by atoms with Crippen molar-refractivity contribution in [3.8, 4) is 17.0 Å². The number of hydrogen-bond donors (Lipinski definition) is 0. The summed E-state index contributed by atoms with van der Waals surface area (Å²) in [5, 5.41) is 3.41. The molecule has 0 amide bonds. The van der Waals surface area contributed by atoms with Crippen molar-refractivity contribution in [1.29, 1.82) is 0 Å². The van der Waals surface area contributed by atoms with Crippen LogP contribution in [0.3, 0.4) is 0 Å². The fourth-order valence-electron chi connectivity index (χ4n) is 2.53. The molecule has 2 rings (SSSR count). The number of carbonyl (C=O) groups is 1. The molecule has 0 N–H and O–H groups in total. The number of aromatic nitrogens is 1. The van der Waals surface area contributed by atoms with Crippen LogP contribution in [0.25, 0.3) is 21.7 Å². The molecule has 0 bridgehead atoms. The standard InChI is InChI=1S/C18H17F3N4O3/c1-4-27-9-28-15-8-12(18(19,20)21)7-10(2)16(15)14-6-5-13(11(3)26)17(23-14)24-25-22/h5-8H,4,9H2,1-3H3. The third-order valence-corrected chi connectivity index (χ3v) is 3.78. The number of nitrogens with zero attached hydrogens (tertiary/aromatic N) is 4. The molecule has 0 radical (unpaired) electrons. The fraction of sp³-hybridized carbons (Fsp3) is 0.333. The van der Waals surface area contributed by atoms with E-state index >= 15 is 0 Å². The number of hydrogen-bond acceptors (Lipinski definition) is 5. The van der Waals surface area contributed by atoms with Crippen LogP contribution in [-0.2, 0) is 10.9 Å². The van der Waals surface area contributed by atoms with E-state index in [0.717, 1.165) is 12.1 Å². The van der Waals surface area contributed by atoms with Crippen molar-refractivity contribution < 1.29 is 27.4 Å². The van der Waals surface area contributed by atoms with Gasteiger partial charge in [0.25, 0.3) is 0 Å². The molecule has 0 aliphatic heterocycles. The molecule has 7 nitrogen and oxygen atoms in total. The zero-order chi connectivity index (χ0) is 20.9. The lowest BCUT2D eigenvalue weighted by Gasteiger charge is -2.17. The van der Waals surface area contributed by atoms with Crippen LogP contribution < -0.4 is 4.74 Å². The Balaban J connectivity index is 2.67. The topological polar surface area (TPSA) is 97.2 Å². The Morgan fingerprint density at radius 3 is 2.61 bits per heavy atom. The Morgan fingerprint density at radius 2 is 2.04 bits per heavy atom. The van der Waals surface area contributed by atoms with E-state index in [1.165, 1.54) is 26.0 Å². The molecule has 10 heteroatoms. The first-order valence-corrected chi connectivity index (χ1v) is 8.18. The SMILES string of the molecule is CCOCOc1cc(C(F)(F)F)cc(C)c1-c1ccc(C(C)=O)c(N=[N+]=[N-])n1. The number of Topliss-reactive ketones (excluding diaryl/α,β-unsaturated/α-hetero) is 1. The number of halogens is 3. The third-order valence-electron chi connectivity index (χ3n) is 3.78. The maximum atomic E-state index is 13.2. The fourth-order valence-corrected chi connectivity index (χ4v) is 2.53. The lowest BCUT2D eigenvalue weighted by atomic mass is 9.99. The highest BCUT2D eigenvalue weighted by molar-refractivity contribution is 5.98. The van der Waals surface area contributed by atoms with Crippen molar-refractivity contribution in [3.05, 3.63) is 51.4 Å². The van der Waals surface area contributed by atoms with Crippen molar-refractivity contribution in [2.45, 2.75) is 26.9 Å². The number of rotatable bonds is 7. The normalized spacial score (nSPS) is 11.1. The molecule has 1 aromatic carbocycles. The minimum Gasteiger partial charge on any atom is -0.467 e. The Bertz CT molecular complexity index is 938. The van der Waals surface area contributed by atoms with Crippen LogP contribution in [0, 0.1) is 6.92 Å². The molecule has 28 heavy (non-hydrogen) atoms. The molecule has 1 heterocycles. The number of benzene rings is 1. The van der Waals surface area contributed by atoms with Crippen LogP contribution in [-0.4, -0.2) is 24.2 Å². The second-order valence-corrected chi connectivity index (χ2v) is 5.73. The lowest BCUT2D eigenvalue weighted by molar-refractivity contribution is -0.137. The molecule has 148 valence electrons. The van der Waals surface area contributed by atoms with E-state index in [1.54, 1.807) is 6.92 Å². The molecule has 0 saturated carbocycles. The minimum absolute atomic E-state index is 0.0873. The van der Waals surface area contributed by atoms with Gasteiger partial charge in [0.05, 0.1) is 11.3 Å². The van der Waals surface area contributed by atoms with Crippen molar-refractivity contribution in [2.24, 2.45) is 5.11 Å². The van der Waals surface area contributed by atoms with Gasteiger partial charge < -0.3 is 9.47 Å². The molecular formula is C18H17F3N4O3. The van der Waals surface area contributed by atoms with E-state index < -0.39 is 11.7 Å². The number of ether oxygens (including phenoxy) is 2. The van der Waals surface area contributed by atoms with Gasteiger partial charge in [0.2, 0.25) is 0 Å². The van der Waals surface area contributed by atoms with Gasteiger partial charge in [-0.2, -0.15) is 13.2 Å². The Hall–Kier alpha value is -3.10. The van der Waals surface area contributed by atoms with E-state index in [-0.39, 0.29) is 46.5 Å². The summed E-state index contributed by atoms with van der Waals surface area (Å²) in [7, 11) is 0. The van der Waals surface area contributed by atoms with E-state index in [9.17, 15) is 18.0 Å². The van der Waals surface area contributed by atoms with Gasteiger partial charge in [0.1, 0.15) is 11.6 Å². The van der Waals surface area contributed by atoms with Gasteiger partial charge in [-0.05, 0) is 61.2 Å². The molecule has 0 saturated heterocycles. The summed E-state index contributed by atoms with van der Waals surface area (Å²) in [6.45, 7) is 4.55. The van der Waals surface area contributed by atoms with E-state index in [4.69, 9.17) is 15.0 Å². The predicted octanol–water partition coefficient (Wildman–Crippen LogP) is 5.59. The highest BCUT2D eigenvalue weighted by Gasteiger charge is 2.32. The number of azide groups is 1. The smallest absolute Gasteiger partial charge is 0.416 e. The number of ketones is 1. The van der Waals surface area contributed by atoms with Gasteiger partial charge in [-0.1, -0.05) is 0 Å². The monoisotopic (exact) mass is 394 g/mol. The molecular weight excluding hydrogens is 377 g/mol. The Kier molecular flexibility index (Phi) is 6.61. The van der Waals surface area contributed by atoms with Crippen LogP contribution in [0.4, 0.5) is 19.0 Å². The van der Waals surface area contributed by atoms with Crippen LogP contribution >= 0.6 is 0 Å². The van der Waals surface area contributed by atoms with Gasteiger partial charge in [-0.15, -0.1) is 0 Å². The number of alkyl halides is 3. The zero-order valence-electron chi connectivity index (χ0n) is 15.4. The largest absolute Gasteiger partial charge is 0.467 e. The van der Waals surface area contributed by atoms with Gasteiger partial charge in [-0.25, -0.2) is 4.98 Å². The molecule has 0 aliphatic rings. The second kappa shape index (κ2) is 8.73. The van der Waals surface area contributed by atoms with Crippen LogP contribution in [0.2, 0.25) is 0 Å². The van der Waals surface area contributed by atoms with Gasteiger partial charge >= 0.3 is 6.18 Å². The summed E-state index contributed by atoms with van der Waals surface area (Å²) in [6.07, 6.45) is -4.56. The molecule has 0 unspecified atom stereocenters. The molecule has 0 aliphatic carbocycles. The predicted molar refractivity (Wildman–Crippen MR) is 95.3 cm³/mol. The van der Waals surface area contributed by atoms with Crippen molar-refractivity contribution >= 4 is 11.6 Å². The Labute approximate surface area is 158 Å². The molecule has 0 fully saturated rings. The van der Waals surface area contributed by atoms with Crippen molar-refractivity contribution in [1.82, 2.24) is 4.98 Å². The summed E-state index contributed by atoms with van der Waals surface area (Å²) < 4.78 is 50.0. The first-order chi connectivity index (χ1) is 13.2. The maximum Gasteiger partial charge on any atom is 0.416 e. The van der Waals surface area contributed by atoms with Gasteiger partial charge in [-0.3, -0.25) is 4.79 Å². The minimum atomic E-state index is -4.56. The third kappa shape index (κ3) is 4.79. The van der Waals surface area contributed by atoms with Gasteiger partial charge in [0, 0.05) is 22.6 Å². The lowest BCUT2D eigenvalue weighted by Crippen LogP contribution is -2.09. The average molecular weight is 394 g/mol. The zero-order valence-corrected chi connectivity index (χ0v) is 15.4. The average Bonchev–Trinajstić information content (AvgIpc) is 2.61. The summed E-state index contributed by atoms with van der Waals surface area (Å²) in [5.74, 6) is -0.614. The highest BCUT2D eigenvalue weighted by Crippen LogP contribution is 2.40. The summed E-state index contributed by atoms with van der Waals surface area (Å²) in [4.78, 5) is 18.5. The van der Waals surface area contributed by atoms with Crippen LogP contribution in [0.15, 0.2) is 29.4 Å². The first kappa shape index (κ1) is 21.2. The van der Waals surface area contributed by atoms with E-state index in [0.29, 0.717) is 6.61 Å². The summed E-state index contributed by atoms with van der Waals surface area (Å²) in [6, 6.07) is 4.68. The molecule has 1 aromatic heterocycles. The van der Waals surface area contributed by atoms with Gasteiger partial charge in [0.15, 0.2) is 12.6 Å². The quantitative estimate of drug-likeness (QED) is 0.153. The first-order valence-electron chi connectivity index (χ1n) is 8.18. The van der Waals surface area contributed by atoms with Crippen molar-refractivity contribution in [3.63, 3.8) is 0 Å². The second-order valence-electron chi connectivity index (χ2n) is 5.73. The van der Waals surface area contributed by atoms with E-state index in [2.05, 4.69) is 15.0 Å². The molecule has 2 aromatic rings. The Morgan fingerprint density at radius 1 is 1.32 bits per heavy atom. The van der Waals surface area contributed by atoms with Crippen molar-refractivity contribution in [2.75, 3.05) is 13.4 Å². The summed E-state index contributed by atoms with van der Waals surface area (Å²) in [5.41, 5.74) is 8.65. The molecule has 0 spiro atoms. The highest BCUT2D eigenvalue weighted by atomic mass is 19.4. The van der Waals surface area contributed by atoms with Crippen LogP contribution in [0.5, 0.6) is 5.75 Å². The maximum absolute atomic E-state index is 13.2. The number of carbonyl (C=O) groups excluding carboxylic acids is 1. The van der Waals surface area contributed by atoms with Crippen LogP contribution in [0.1, 0.15) is 35.3 Å².